The van der Waals surface area contributed by atoms with Crippen LogP contribution in [0, 0.1) is 0 Å². The predicted octanol–water partition coefficient (Wildman–Crippen LogP) is 1.71. The fourth-order valence-electron chi connectivity index (χ4n) is 1.09. The van der Waals surface area contributed by atoms with Gasteiger partial charge in [-0.2, -0.15) is 0 Å². The monoisotopic (exact) mass is 324 g/mol. The van der Waals surface area contributed by atoms with E-state index in [9.17, 15) is 4.79 Å². The number of thioether (sulfide) groups is 1. The van der Waals surface area contributed by atoms with Gasteiger partial charge in [0.2, 0.25) is 0 Å². The molecule has 0 aliphatic heterocycles. The molecular formula is C11H20N2O2SSe. The molecule has 6 heteroatoms. The van der Waals surface area contributed by atoms with Crippen molar-refractivity contribution in [3.8, 4) is 0 Å². The molecule has 0 aromatic rings. The Morgan fingerprint density at radius 3 is 2.71 bits per heavy atom. The van der Waals surface area contributed by atoms with Gasteiger partial charge in [-0.05, 0) is 0 Å². The van der Waals surface area contributed by atoms with Crippen LogP contribution in [0.3, 0.4) is 0 Å². The minimum absolute atomic E-state index is 0.00171. The number of alkyl carbamates (subject to hydrolysis) is 1. The second kappa shape index (κ2) is 8.76. The van der Waals surface area contributed by atoms with Crippen LogP contribution in [0.25, 0.3) is 0 Å². The molecule has 0 bridgehead atoms. The zero-order valence-corrected chi connectivity index (χ0v) is 13.3. The summed E-state index contributed by atoms with van der Waals surface area (Å²) in [5.74, 6) is 0.976. The number of aliphatic imine (C=N–C) groups is 1. The molecule has 4 nitrogen and oxygen atoms in total. The van der Waals surface area contributed by atoms with E-state index in [-0.39, 0.29) is 12.1 Å². The van der Waals surface area contributed by atoms with E-state index in [4.69, 9.17) is 4.74 Å². The van der Waals surface area contributed by atoms with Gasteiger partial charge in [0, 0.05) is 0 Å². The molecule has 1 unspecified atom stereocenters. The number of nitrogens with one attached hydrogen (secondary N) is 1. The molecule has 0 rings (SSSR count). The summed E-state index contributed by atoms with van der Waals surface area (Å²) >= 11 is 4.32. The Balaban J connectivity index is 4.21. The summed E-state index contributed by atoms with van der Waals surface area (Å²) in [7, 11) is 0. The molecule has 0 spiro atoms. The topological polar surface area (TPSA) is 50.7 Å². The van der Waals surface area contributed by atoms with Crippen molar-refractivity contribution < 1.29 is 9.53 Å². The predicted molar refractivity (Wildman–Crippen MR) is 74.2 cm³/mol. The number of carbonyl (C=O) groups excluding carboxylic acids is 1. The van der Waals surface area contributed by atoms with Crippen molar-refractivity contribution in [3.63, 3.8) is 0 Å². The van der Waals surface area contributed by atoms with Crippen LogP contribution in [-0.2, 0) is 4.74 Å². The van der Waals surface area contributed by atoms with Gasteiger partial charge in [0.25, 0.3) is 0 Å². The summed E-state index contributed by atoms with van der Waals surface area (Å²) in [5, 5.41) is 2.82. The molecule has 0 aliphatic rings. The van der Waals surface area contributed by atoms with Crippen molar-refractivity contribution in [1.29, 1.82) is 0 Å². The van der Waals surface area contributed by atoms with E-state index < -0.39 is 5.60 Å². The third kappa shape index (κ3) is 10.6. The zero-order valence-electron chi connectivity index (χ0n) is 10.8. The first-order valence-corrected chi connectivity index (χ1v) is 7.66. The molecule has 0 saturated heterocycles. The van der Waals surface area contributed by atoms with Crippen molar-refractivity contribution >= 4 is 38.1 Å². The van der Waals surface area contributed by atoms with E-state index in [2.05, 4.69) is 30.6 Å². The second-order valence-electron chi connectivity index (χ2n) is 4.56. The summed E-state index contributed by atoms with van der Waals surface area (Å²) in [6, 6.07) is -0.00171. The Bertz CT molecular complexity index is 286. The maximum absolute atomic E-state index is 11.6. The zero-order chi connectivity index (χ0) is 13.3. The van der Waals surface area contributed by atoms with Gasteiger partial charge in [0.15, 0.2) is 0 Å². The van der Waals surface area contributed by atoms with Crippen LogP contribution in [0.2, 0.25) is 0 Å². The van der Waals surface area contributed by atoms with Crippen LogP contribution in [0.4, 0.5) is 4.79 Å². The molecule has 17 heavy (non-hydrogen) atoms. The van der Waals surface area contributed by atoms with E-state index >= 15 is 0 Å². The van der Waals surface area contributed by atoms with Crippen molar-refractivity contribution in [2.75, 3.05) is 18.6 Å². The van der Waals surface area contributed by atoms with E-state index in [1.165, 1.54) is 0 Å². The molecule has 0 heterocycles. The Labute approximate surface area is 115 Å². The number of ether oxygens (including phenoxy) is 1. The average Bonchev–Trinajstić information content (AvgIpc) is 2.19. The third-order valence-electron chi connectivity index (χ3n) is 1.77. The van der Waals surface area contributed by atoms with Gasteiger partial charge in [-0.25, -0.2) is 0 Å². The van der Waals surface area contributed by atoms with Gasteiger partial charge in [-0.3, -0.25) is 0 Å². The van der Waals surface area contributed by atoms with Crippen LogP contribution < -0.4 is 5.32 Å². The van der Waals surface area contributed by atoms with Crippen molar-refractivity contribution in [2.45, 2.75) is 38.8 Å². The van der Waals surface area contributed by atoms with Crippen LogP contribution in [0.5, 0.6) is 0 Å². The van der Waals surface area contributed by atoms with Crippen molar-refractivity contribution in [2.24, 2.45) is 4.99 Å². The fourth-order valence-corrected chi connectivity index (χ4v) is 1.77. The van der Waals surface area contributed by atoms with Gasteiger partial charge in [0.05, 0.1) is 0 Å². The Kier molecular flexibility index (Phi) is 8.61. The summed E-state index contributed by atoms with van der Waals surface area (Å²) in [6.07, 6.45) is 2.51. The number of hydrogen-bond donors (Lipinski definition) is 1. The summed E-state index contributed by atoms with van der Waals surface area (Å²) in [5.41, 5.74) is -0.470. The molecule has 0 aliphatic carbocycles. The second-order valence-corrected chi connectivity index (χ2v) is 5.93. The third-order valence-corrected chi connectivity index (χ3v) is 2.68. The molecule has 1 amide bonds. The van der Waals surface area contributed by atoms with Gasteiger partial charge >= 0.3 is 115 Å². The van der Waals surface area contributed by atoms with Crippen LogP contribution >= 0.6 is 11.8 Å². The molecule has 0 aromatic heterocycles. The summed E-state index contributed by atoms with van der Waals surface area (Å²) in [4.78, 5) is 15.6. The quantitative estimate of drug-likeness (QED) is 0.598. The van der Waals surface area contributed by atoms with Crippen LogP contribution in [0.1, 0.15) is 27.2 Å². The van der Waals surface area contributed by atoms with E-state index in [1.807, 2.05) is 27.0 Å². The summed E-state index contributed by atoms with van der Waals surface area (Å²) in [6.45, 7) is 6.05. The Hall–Kier alpha value is -0.281. The van der Waals surface area contributed by atoms with Crippen LogP contribution in [0.15, 0.2) is 4.99 Å². The molecule has 0 aromatic carbocycles. The Morgan fingerprint density at radius 1 is 1.59 bits per heavy atom. The maximum atomic E-state index is 11.6. The van der Waals surface area contributed by atoms with Crippen molar-refractivity contribution in [1.82, 2.24) is 5.32 Å². The molecule has 1 N–H and O–H groups in total. The van der Waals surface area contributed by atoms with E-state index in [1.54, 1.807) is 11.8 Å². The number of carbonyl (C=O) groups is 1. The molecule has 0 radical (unpaired) electrons. The van der Waals surface area contributed by atoms with E-state index in [0.717, 1.165) is 12.2 Å². The molecular weight excluding hydrogens is 303 g/mol. The molecule has 1 atom stereocenters. The normalized spacial score (nSPS) is 12.5. The van der Waals surface area contributed by atoms with Crippen molar-refractivity contribution in [3.05, 3.63) is 0 Å². The first-order chi connectivity index (χ1) is 7.89. The summed E-state index contributed by atoms with van der Waals surface area (Å²) < 4.78 is 7.80. The molecule has 0 saturated carbocycles. The molecule has 98 valence electrons. The number of rotatable bonds is 6. The number of nitrogens with zero attached hydrogens (tertiary/aromatic N) is 1. The first-order valence-electron chi connectivity index (χ1n) is 5.41. The van der Waals surface area contributed by atoms with Crippen LogP contribution in [-0.4, -0.2) is 56.6 Å². The van der Waals surface area contributed by atoms with Gasteiger partial charge < -0.3 is 0 Å². The van der Waals surface area contributed by atoms with Gasteiger partial charge in [-0.15, -0.1) is 0 Å². The SMILES string of the molecule is CSCCC(CN=C=[Se])NC(=O)OC(C)(C)C. The number of hydrogen-bond acceptors (Lipinski definition) is 4. The fraction of sp³-hybridized carbons (Fsp3) is 0.818. The molecule has 0 fully saturated rings. The first kappa shape index (κ1) is 16.7. The number of amides is 1. The standard InChI is InChI=1S/C11H20N2O2SSe/c1-11(2,3)15-10(14)13-9(5-6-16-4)7-12-8-17/h9H,5-7H2,1-4H3,(H,13,14). The van der Waals surface area contributed by atoms with Gasteiger partial charge in [-0.1, -0.05) is 0 Å². The van der Waals surface area contributed by atoms with Gasteiger partial charge in [0.1, 0.15) is 0 Å². The minimum atomic E-state index is -0.470. The van der Waals surface area contributed by atoms with E-state index in [0.29, 0.717) is 6.54 Å². The average molecular weight is 323 g/mol. The Morgan fingerprint density at radius 2 is 2.24 bits per heavy atom.